The van der Waals surface area contributed by atoms with Crippen molar-refractivity contribution in [2.75, 3.05) is 18.1 Å². The standard InChI is InChI=1S/C24H31N3O2/c1-23(2)15-18(16-24(3,4)26-23)25-22(28)17-9-11-19(12-10-17)27-13-14-29-21-8-6-5-7-20(21)27/h5-12,18,26H,13-16H2,1-4H3,(H,25,28). The van der Waals surface area contributed by atoms with Gasteiger partial charge in [-0.25, -0.2) is 0 Å². The van der Waals surface area contributed by atoms with Crippen molar-refractivity contribution in [3.05, 3.63) is 54.1 Å². The Kier molecular flexibility index (Phi) is 5.03. The third-order valence-corrected chi connectivity index (χ3v) is 5.70. The van der Waals surface area contributed by atoms with Gasteiger partial charge in [0.15, 0.2) is 0 Å². The fourth-order valence-corrected chi connectivity index (χ4v) is 4.92. The van der Waals surface area contributed by atoms with Gasteiger partial charge in [-0.2, -0.15) is 0 Å². The lowest BCUT2D eigenvalue weighted by Gasteiger charge is -2.46. The molecule has 0 saturated carbocycles. The molecule has 29 heavy (non-hydrogen) atoms. The first-order chi connectivity index (χ1) is 13.7. The number of carbonyl (C=O) groups is 1. The molecule has 5 nitrogen and oxygen atoms in total. The number of piperidine rings is 1. The summed E-state index contributed by atoms with van der Waals surface area (Å²) in [6.07, 6.45) is 1.84. The summed E-state index contributed by atoms with van der Waals surface area (Å²) in [4.78, 5) is 15.1. The molecule has 2 aliphatic rings. The number of nitrogens with one attached hydrogen (secondary N) is 2. The molecule has 0 aliphatic carbocycles. The van der Waals surface area contributed by atoms with Gasteiger partial charge in [-0.15, -0.1) is 0 Å². The molecular formula is C24H31N3O2. The minimum absolute atomic E-state index is 0.00238. The summed E-state index contributed by atoms with van der Waals surface area (Å²) in [5, 5.41) is 6.91. The molecule has 0 spiro atoms. The number of amides is 1. The van der Waals surface area contributed by atoms with E-state index in [1.54, 1.807) is 0 Å². The summed E-state index contributed by atoms with van der Waals surface area (Å²) in [6, 6.07) is 16.1. The van der Waals surface area contributed by atoms with Crippen molar-refractivity contribution in [2.45, 2.75) is 57.7 Å². The molecule has 2 heterocycles. The maximum atomic E-state index is 12.9. The van der Waals surface area contributed by atoms with E-state index in [-0.39, 0.29) is 23.0 Å². The van der Waals surface area contributed by atoms with Crippen molar-refractivity contribution in [1.29, 1.82) is 0 Å². The zero-order valence-electron chi connectivity index (χ0n) is 17.8. The van der Waals surface area contributed by atoms with Crippen LogP contribution in [0.15, 0.2) is 48.5 Å². The molecule has 1 saturated heterocycles. The van der Waals surface area contributed by atoms with Crippen molar-refractivity contribution in [3.8, 4) is 5.75 Å². The molecule has 1 fully saturated rings. The molecule has 2 N–H and O–H groups in total. The summed E-state index contributed by atoms with van der Waals surface area (Å²) in [7, 11) is 0. The van der Waals surface area contributed by atoms with Crippen molar-refractivity contribution >= 4 is 17.3 Å². The Labute approximate surface area is 173 Å². The van der Waals surface area contributed by atoms with Gasteiger partial charge < -0.3 is 20.3 Å². The van der Waals surface area contributed by atoms with Crippen LogP contribution in [0, 0.1) is 0 Å². The highest BCUT2D eigenvalue weighted by atomic mass is 16.5. The number of anilines is 2. The quantitative estimate of drug-likeness (QED) is 0.818. The lowest BCUT2D eigenvalue weighted by molar-refractivity contribution is 0.0873. The van der Waals surface area contributed by atoms with E-state index in [2.05, 4.69) is 49.3 Å². The predicted molar refractivity (Wildman–Crippen MR) is 117 cm³/mol. The normalized spacial score (nSPS) is 20.5. The van der Waals surface area contributed by atoms with Crippen LogP contribution in [0.25, 0.3) is 0 Å². The minimum atomic E-state index is -0.00238. The van der Waals surface area contributed by atoms with Crippen LogP contribution in [0.2, 0.25) is 0 Å². The number of benzene rings is 2. The lowest BCUT2D eigenvalue weighted by Crippen LogP contribution is -2.62. The van der Waals surface area contributed by atoms with Crippen LogP contribution in [0.1, 0.15) is 50.9 Å². The SMILES string of the molecule is CC1(C)CC(NC(=O)c2ccc(N3CCOc4ccccc43)cc2)CC(C)(C)N1. The van der Waals surface area contributed by atoms with E-state index >= 15 is 0 Å². The van der Waals surface area contributed by atoms with Crippen molar-refractivity contribution in [2.24, 2.45) is 0 Å². The Hall–Kier alpha value is -2.53. The summed E-state index contributed by atoms with van der Waals surface area (Å²) >= 11 is 0. The van der Waals surface area contributed by atoms with Crippen LogP contribution < -0.4 is 20.3 Å². The second kappa shape index (κ2) is 7.38. The fraction of sp³-hybridized carbons (Fsp3) is 0.458. The molecule has 154 valence electrons. The average Bonchev–Trinajstić information content (AvgIpc) is 2.65. The van der Waals surface area contributed by atoms with Crippen LogP contribution >= 0.6 is 0 Å². The summed E-state index contributed by atoms with van der Waals surface area (Å²) in [5.74, 6) is 0.897. The van der Waals surface area contributed by atoms with Crippen LogP contribution in [0.5, 0.6) is 5.75 Å². The number of para-hydroxylation sites is 2. The topological polar surface area (TPSA) is 53.6 Å². The molecule has 0 bridgehead atoms. The molecule has 2 aliphatic heterocycles. The maximum Gasteiger partial charge on any atom is 0.251 e. The third kappa shape index (κ3) is 4.40. The number of nitrogens with zero attached hydrogens (tertiary/aromatic N) is 1. The molecule has 2 aromatic carbocycles. The maximum absolute atomic E-state index is 12.9. The number of ether oxygens (including phenoxy) is 1. The third-order valence-electron chi connectivity index (χ3n) is 5.70. The Morgan fingerprint density at radius 2 is 1.69 bits per heavy atom. The number of hydrogen-bond donors (Lipinski definition) is 2. The highest BCUT2D eigenvalue weighted by molar-refractivity contribution is 5.95. The largest absolute Gasteiger partial charge is 0.490 e. The van der Waals surface area contributed by atoms with Gasteiger partial charge in [0.25, 0.3) is 5.91 Å². The second-order valence-corrected chi connectivity index (χ2v) is 9.49. The number of rotatable bonds is 3. The van der Waals surface area contributed by atoms with E-state index < -0.39 is 0 Å². The molecule has 4 rings (SSSR count). The fourth-order valence-electron chi connectivity index (χ4n) is 4.92. The highest BCUT2D eigenvalue weighted by Gasteiger charge is 2.38. The lowest BCUT2D eigenvalue weighted by atomic mass is 9.79. The summed E-state index contributed by atoms with van der Waals surface area (Å²) in [5.41, 5.74) is 2.85. The van der Waals surface area contributed by atoms with Gasteiger partial charge in [0.05, 0.1) is 12.2 Å². The highest BCUT2D eigenvalue weighted by Crippen LogP contribution is 2.36. The first-order valence-corrected chi connectivity index (χ1v) is 10.4. The van der Waals surface area contributed by atoms with E-state index in [0.29, 0.717) is 12.2 Å². The molecule has 0 atom stereocenters. The average molecular weight is 394 g/mol. The van der Waals surface area contributed by atoms with Gasteiger partial charge in [0.1, 0.15) is 12.4 Å². The summed E-state index contributed by atoms with van der Waals surface area (Å²) in [6.45, 7) is 10.2. The van der Waals surface area contributed by atoms with Gasteiger partial charge in [0.2, 0.25) is 0 Å². The van der Waals surface area contributed by atoms with Gasteiger partial charge in [-0.1, -0.05) is 12.1 Å². The molecular weight excluding hydrogens is 362 g/mol. The number of carbonyl (C=O) groups excluding carboxylic acids is 1. The van der Waals surface area contributed by atoms with Gasteiger partial charge in [-0.05, 0) is 76.9 Å². The second-order valence-electron chi connectivity index (χ2n) is 9.49. The molecule has 5 heteroatoms. The van der Waals surface area contributed by atoms with Crippen molar-refractivity contribution < 1.29 is 9.53 Å². The van der Waals surface area contributed by atoms with Crippen LogP contribution in [-0.4, -0.2) is 36.2 Å². The molecule has 0 radical (unpaired) electrons. The zero-order valence-corrected chi connectivity index (χ0v) is 17.8. The van der Waals surface area contributed by atoms with Crippen molar-refractivity contribution in [3.63, 3.8) is 0 Å². The minimum Gasteiger partial charge on any atom is -0.490 e. The number of hydrogen-bond acceptors (Lipinski definition) is 4. The van der Waals surface area contributed by atoms with Crippen LogP contribution in [-0.2, 0) is 0 Å². The number of fused-ring (bicyclic) bond motifs is 1. The Morgan fingerprint density at radius 3 is 2.38 bits per heavy atom. The smallest absolute Gasteiger partial charge is 0.251 e. The monoisotopic (exact) mass is 393 g/mol. The Bertz CT molecular complexity index is 873. The molecule has 0 unspecified atom stereocenters. The molecule has 2 aromatic rings. The first kappa shape index (κ1) is 19.8. The molecule has 1 amide bonds. The molecule has 0 aromatic heterocycles. The Morgan fingerprint density at radius 1 is 1.03 bits per heavy atom. The van der Waals surface area contributed by atoms with Gasteiger partial charge >= 0.3 is 0 Å². The van der Waals surface area contributed by atoms with E-state index in [1.807, 2.05) is 42.5 Å². The van der Waals surface area contributed by atoms with Crippen molar-refractivity contribution in [1.82, 2.24) is 10.6 Å². The first-order valence-electron chi connectivity index (χ1n) is 10.4. The van der Waals surface area contributed by atoms with E-state index in [1.165, 1.54) is 0 Å². The van der Waals surface area contributed by atoms with E-state index in [9.17, 15) is 4.79 Å². The van der Waals surface area contributed by atoms with E-state index in [0.717, 1.165) is 36.5 Å². The van der Waals surface area contributed by atoms with Crippen LogP contribution in [0.4, 0.5) is 11.4 Å². The van der Waals surface area contributed by atoms with E-state index in [4.69, 9.17) is 4.74 Å². The predicted octanol–water partition coefficient (Wildman–Crippen LogP) is 4.26. The van der Waals surface area contributed by atoms with Crippen LogP contribution in [0.3, 0.4) is 0 Å². The van der Waals surface area contributed by atoms with Gasteiger partial charge in [0, 0.05) is 28.4 Å². The van der Waals surface area contributed by atoms with Gasteiger partial charge in [-0.3, -0.25) is 4.79 Å². The Balaban J connectivity index is 1.47. The zero-order chi connectivity index (χ0) is 20.6. The summed E-state index contributed by atoms with van der Waals surface area (Å²) < 4.78 is 5.74.